The lowest BCUT2D eigenvalue weighted by molar-refractivity contribution is 0.0731. The average Bonchev–Trinajstić information content (AvgIpc) is 3.35. The number of nitrogens with zero attached hydrogens (tertiary/aromatic N) is 4. The van der Waals surface area contributed by atoms with Crippen LogP contribution in [-0.4, -0.2) is 40.4 Å². The van der Waals surface area contributed by atoms with Crippen molar-refractivity contribution in [3.63, 3.8) is 0 Å². The van der Waals surface area contributed by atoms with Crippen LogP contribution in [0.15, 0.2) is 47.3 Å². The van der Waals surface area contributed by atoms with Gasteiger partial charge < -0.3 is 19.0 Å². The monoisotopic (exact) mass is 418 g/mol. The number of carbonyl (C=O) groups excluding carboxylic acids is 1. The molecule has 3 aromatic rings. The second kappa shape index (κ2) is 8.41. The quantitative estimate of drug-likeness (QED) is 0.627. The summed E-state index contributed by atoms with van der Waals surface area (Å²) in [6.07, 6.45) is 7.23. The van der Waals surface area contributed by atoms with Crippen LogP contribution in [0.5, 0.6) is 11.6 Å². The summed E-state index contributed by atoms with van der Waals surface area (Å²) in [7, 11) is 0. The zero-order valence-corrected chi connectivity index (χ0v) is 17.7. The summed E-state index contributed by atoms with van der Waals surface area (Å²) in [6.45, 7) is 5.00. The van der Waals surface area contributed by atoms with Crippen LogP contribution in [0.1, 0.15) is 46.4 Å². The topological polar surface area (TPSA) is 71.7 Å². The highest BCUT2D eigenvalue weighted by atomic mass is 16.5. The predicted molar refractivity (Wildman–Crippen MR) is 117 cm³/mol. The highest BCUT2D eigenvalue weighted by molar-refractivity contribution is 5.94. The molecule has 31 heavy (non-hydrogen) atoms. The van der Waals surface area contributed by atoms with Gasteiger partial charge in [-0.1, -0.05) is 17.7 Å². The molecular weight excluding hydrogens is 392 g/mol. The van der Waals surface area contributed by atoms with Crippen LogP contribution in [0.4, 0.5) is 5.95 Å². The van der Waals surface area contributed by atoms with Crippen LogP contribution in [0, 0.1) is 6.92 Å². The minimum atomic E-state index is -0.0548. The van der Waals surface area contributed by atoms with Gasteiger partial charge in [0.2, 0.25) is 11.8 Å². The molecule has 1 fully saturated rings. The first-order valence-electron chi connectivity index (χ1n) is 10.9. The Morgan fingerprint density at radius 2 is 1.84 bits per heavy atom. The zero-order valence-electron chi connectivity index (χ0n) is 17.7. The van der Waals surface area contributed by atoms with Gasteiger partial charge in [0.15, 0.2) is 0 Å². The third kappa shape index (κ3) is 4.13. The van der Waals surface area contributed by atoms with Gasteiger partial charge in [-0.25, -0.2) is 4.98 Å². The molecule has 7 nitrogen and oxygen atoms in total. The van der Waals surface area contributed by atoms with E-state index in [0.717, 1.165) is 48.9 Å². The molecule has 2 aromatic heterocycles. The molecule has 7 heteroatoms. The minimum absolute atomic E-state index is 0.0548. The van der Waals surface area contributed by atoms with Crippen molar-refractivity contribution < 1.29 is 13.9 Å². The van der Waals surface area contributed by atoms with Crippen molar-refractivity contribution in [1.29, 1.82) is 0 Å². The molecule has 1 amide bonds. The molecule has 1 saturated heterocycles. The lowest BCUT2D eigenvalue weighted by Crippen LogP contribution is -2.37. The Balaban J connectivity index is 1.49. The van der Waals surface area contributed by atoms with E-state index in [1.54, 1.807) is 11.0 Å². The fourth-order valence-electron chi connectivity index (χ4n) is 4.15. The third-order valence-corrected chi connectivity index (χ3v) is 5.94. The van der Waals surface area contributed by atoms with Crippen molar-refractivity contribution in [3.8, 4) is 11.6 Å². The number of benzene rings is 1. The maximum absolute atomic E-state index is 12.9. The van der Waals surface area contributed by atoms with Crippen LogP contribution >= 0.6 is 0 Å². The van der Waals surface area contributed by atoms with E-state index in [-0.39, 0.29) is 5.91 Å². The lowest BCUT2D eigenvalue weighted by Gasteiger charge is -2.31. The standard InChI is InChI=1S/C24H26N4O3/c1-17-5-7-19(8-6-17)31-22-20-15-28(23(29)18-10-14-30-16-18)13-9-21(20)25-24(26-22)27-11-3-2-4-12-27/h5-8,10,14,16H,2-4,9,11-13,15H2,1H3. The third-order valence-electron chi connectivity index (χ3n) is 5.94. The molecule has 0 aliphatic carbocycles. The summed E-state index contributed by atoms with van der Waals surface area (Å²) in [6, 6.07) is 9.62. The number of rotatable bonds is 4. The van der Waals surface area contributed by atoms with Gasteiger partial charge in [-0.15, -0.1) is 0 Å². The Morgan fingerprint density at radius 3 is 2.58 bits per heavy atom. The zero-order chi connectivity index (χ0) is 21.2. The Labute approximate surface area is 181 Å². The number of ether oxygens (including phenoxy) is 1. The molecule has 2 aliphatic rings. The summed E-state index contributed by atoms with van der Waals surface area (Å²) >= 11 is 0. The molecule has 0 spiro atoms. The van der Waals surface area contributed by atoms with Crippen molar-refractivity contribution in [2.45, 2.75) is 39.2 Å². The molecule has 0 saturated carbocycles. The summed E-state index contributed by atoms with van der Waals surface area (Å²) in [5.74, 6) is 1.95. The predicted octanol–water partition coefficient (Wildman–Crippen LogP) is 4.36. The molecule has 0 bridgehead atoms. The fraction of sp³-hybridized carbons (Fsp3) is 0.375. The number of hydrogen-bond donors (Lipinski definition) is 0. The molecule has 0 radical (unpaired) electrons. The summed E-state index contributed by atoms with van der Waals surface area (Å²) in [5, 5.41) is 0. The van der Waals surface area contributed by atoms with Gasteiger partial charge in [0, 0.05) is 26.1 Å². The highest BCUT2D eigenvalue weighted by Gasteiger charge is 2.29. The maximum atomic E-state index is 12.9. The maximum Gasteiger partial charge on any atom is 0.257 e. The van der Waals surface area contributed by atoms with Crippen LogP contribution in [-0.2, 0) is 13.0 Å². The van der Waals surface area contributed by atoms with Gasteiger partial charge in [0.1, 0.15) is 12.0 Å². The number of aryl methyl sites for hydroxylation is 1. The van der Waals surface area contributed by atoms with E-state index in [9.17, 15) is 4.79 Å². The lowest BCUT2D eigenvalue weighted by atomic mass is 10.1. The molecule has 1 aromatic carbocycles. The summed E-state index contributed by atoms with van der Waals surface area (Å²) < 4.78 is 11.3. The number of fused-ring (bicyclic) bond motifs is 1. The van der Waals surface area contributed by atoms with Crippen molar-refractivity contribution in [1.82, 2.24) is 14.9 Å². The van der Waals surface area contributed by atoms with Crippen molar-refractivity contribution in [3.05, 3.63) is 65.2 Å². The normalized spacial score (nSPS) is 16.2. The van der Waals surface area contributed by atoms with Crippen LogP contribution < -0.4 is 9.64 Å². The number of aromatic nitrogens is 2. The van der Waals surface area contributed by atoms with Crippen LogP contribution in [0.2, 0.25) is 0 Å². The van der Waals surface area contributed by atoms with E-state index in [2.05, 4.69) is 4.90 Å². The van der Waals surface area contributed by atoms with Gasteiger partial charge in [0.05, 0.1) is 29.6 Å². The van der Waals surface area contributed by atoms with Gasteiger partial charge in [-0.3, -0.25) is 4.79 Å². The second-order valence-electron chi connectivity index (χ2n) is 8.21. The van der Waals surface area contributed by atoms with Gasteiger partial charge in [0.25, 0.3) is 5.91 Å². The SMILES string of the molecule is Cc1ccc(Oc2nc(N3CCCCC3)nc3c2CN(C(=O)c2ccoc2)CC3)cc1. The van der Waals surface area contributed by atoms with E-state index in [1.165, 1.54) is 24.5 Å². The first kappa shape index (κ1) is 19.6. The molecule has 0 unspecified atom stereocenters. The molecule has 2 aliphatic heterocycles. The first-order valence-corrected chi connectivity index (χ1v) is 10.9. The van der Waals surface area contributed by atoms with Gasteiger partial charge >= 0.3 is 0 Å². The molecule has 160 valence electrons. The van der Waals surface area contributed by atoms with E-state index < -0.39 is 0 Å². The fourth-order valence-corrected chi connectivity index (χ4v) is 4.15. The van der Waals surface area contributed by atoms with Crippen LogP contribution in [0.3, 0.4) is 0 Å². The van der Waals surface area contributed by atoms with E-state index >= 15 is 0 Å². The second-order valence-corrected chi connectivity index (χ2v) is 8.21. The van der Waals surface area contributed by atoms with Gasteiger partial charge in [-0.05, 0) is 44.4 Å². The smallest absolute Gasteiger partial charge is 0.257 e. The number of furan rings is 1. The molecule has 0 N–H and O–H groups in total. The van der Waals surface area contributed by atoms with Crippen molar-refractivity contribution in [2.75, 3.05) is 24.5 Å². The van der Waals surface area contributed by atoms with Gasteiger partial charge in [-0.2, -0.15) is 4.98 Å². The molecule has 0 atom stereocenters. The molecule has 4 heterocycles. The Bertz CT molecular complexity index is 1060. The number of carbonyl (C=O) groups is 1. The van der Waals surface area contributed by atoms with Crippen molar-refractivity contribution >= 4 is 11.9 Å². The average molecular weight is 418 g/mol. The van der Waals surface area contributed by atoms with E-state index in [0.29, 0.717) is 31.0 Å². The molecule has 5 rings (SSSR count). The Hall–Kier alpha value is -3.35. The van der Waals surface area contributed by atoms with E-state index in [1.807, 2.05) is 31.2 Å². The number of hydrogen-bond acceptors (Lipinski definition) is 6. The Morgan fingerprint density at radius 1 is 1.03 bits per heavy atom. The minimum Gasteiger partial charge on any atom is -0.472 e. The first-order chi connectivity index (χ1) is 15.2. The highest BCUT2D eigenvalue weighted by Crippen LogP contribution is 2.32. The van der Waals surface area contributed by atoms with E-state index in [4.69, 9.17) is 19.1 Å². The number of piperidine rings is 1. The summed E-state index contributed by atoms with van der Waals surface area (Å²) in [4.78, 5) is 26.6. The largest absolute Gasteiger partial charge is 0.472 e. The number of anilines is 1. The number of amides is 1. The Kier molecular flexibility index (Phi) is 5.32. The molecular formula is C24H26N4O3. The van der Waals surface area contributed by atoms with Crippen molar-refractivity contribution in [2.24, 2.45) is 0 Å². The van der Waals surface area contributed by atoms with Crippen LogP contribution in [0.25, 0.3) is 0 Å². The summed E-state index contributed by atoms with van der Waals surface area (Å²) in [5.41, 5.74) is 3.57.